The van der Waals surface area contributed by atoms with E-state index in [4.69, 9.17) is 4.74 Å². The quantitative estimate of drug-likeness (QED) is 0.700. The van der Waals surface area contributed by atoms with Crippen molar-refractivity contribution in [2.75, 3.05) is 20.3 Å². The van der Waals surface area contributed by atoms with Crippen LogP contribution in [0.1, 0.15) is 39.0 Å². The lowest BCUT2D eigenvalue weighted by molar-refractivity contribution is 0.0121. The number of hydrogen-bond acceptors (Lipinski definition) is 2. The van der Waals surface area contributed by atoms with Crippen molar-refractivity contribution in [3.8, 4) is 0 Å². The highest BCUT2D eigenvalue weighted by molar-refractivity contribution is 4.80. The molecule has 17 heavy (non-hydrogen) atoms. The fourth-order valence-electron chi connectivity index (χ4n) is 2.69. The van der Waals surface area contributed by atoms with Gasteiger partial charge in [0, 0.05) is 12.6 Å². The molecular weight excluding hydrogens is 224 g/mol. The Morgan fingerprint density at radius 2 is 1.88 bits per heavy atom. The van der Waals surface area contributed by atoms with Gasteiger partial charge >= 0.3 is 0 Å². The SMILES string of the molecule is CNC(CCOCC(F)F)C1CCC(C)CC1. The highest BCUT2D eigenvalue weighted by Crippen LogP contribution is 2.31. The van der Waals surface area contributed by atoms with Crippen LogP contribution < -0.4 is 5.32 Å². The Kier molecular flexibility index (Phi) is 6.97. The first-order valence-corrected chi connectivity index (χ1v) is 6.66. The molecule has 0 aromatic carbocycles. The molecule has 4 heteroatoms. The fraction of sp³-hybridized carbons (Fsp3) is 1.00. The molecule has 0 aliphatic heterocycles. The number of alkyl halides is 2. The van der Waals surface area contributed by atoms with Gasteiger partial charge < -0.3 is 10.1 Å². The van der Waals surface area contributed by atoms with Gasteiger partial charge in [-0.3, -0.25) is 0 Å². The molecule has 0 heterocycles. The van der Waals surface area contributed by atoms with E-state index in [-0.39, 0.29) is 0 Å². The van der Waals surface area contributed by atoms with Gasteiger partial charge in [-0.2, -0.15) is 0 Å². The number of hydrogen-bond donors (Lipinski definition) is 1. The molecule has 102 valence electrons. The Hall–Kier alpha value is -0.220. The van der Waals surface area contributed by atoms with E-state index < -0.39 is 13.0 Å². The van der Waals surface area contributed by atoms with E-state index in [1.807, 2.05) is 7.05 Å². The molecule has 1 fully saturated rings. The minimum absolute atomic E-state index is 0.417. The zero-order chi connectivity index (χ0) is 12.7. The van der Waals surface area contributed by atoms with Crippen molar-refractivity contribution >= 4 is 0 Å². The summed E-state index contributed by atoms with van der Waals surface area (Å²) in [7, 11) is 1.95. The van der Waals surface area contributed by atoms with Crippen LogP contribution in [0.4, 0.5) is 8.78 Å². The van der Waals surface area contributed by atoms with Crippen molar-refractivity contribution in [1.29, 1.82) is 0 Å². The van der Waals surface area contributed by atoms with Gasteiger partial charge in [0.2, 0.25) is 0 Å². The second-order valence-electron chi connectivity index (χ2n) is 5.17. The van der Waals surface area contributed by atoms with Gasteiger partial charge in [-0.1, -0.05) is 19.8 Å². The summed E-state index contributed by atoms with van der Waals surface area (Å²) in [6.45, 7) is 2.30. The third-order valence-electron chi connectivity index (χ3n) is 3.82. The summed E-state index contributed by atoms with van der Waals surface area (Å²) in [5.41, 5.74) is 0. The second kappa shape index (κ2) is 7.98. The van der Waals surface area contributed by atoms with Crippen molar-refractivity contribution in [2.45, 2.75) is 51.5 Å². The molecule has 1 N–H and O–H groups in total. The lowest BCUT2D eigenvalue weighted by atomic mass is 9.78. The molecule has 1 aliphatic rings. The van der Waals surface area contributed by atoms with Gasteiger partial charge in [0.25, 0.3) is 6.43 Å². The van der Waals surface area contributed by atoms with E-state index in [1.54, 1.807) is 0 Å². The topological polar surface area (TPSA) is 21.3 Å². The van der Waals surface area contributed by atoms with Gasteiger partial charge in [0.15, 0.2) is 0 Å². The van der Waals surface area contributed by atoms with Crippen LogP contribution in [0.5, 0.6) is 0 Å². The molecule has 0 bridgehead atoms. The van der Waals surface area contributed by atoms with Crippen molar-refractivity contribution < 1.29 is 13.5 Å². The van der Waals surface area contributed by atoms with Gasteiger partial charge in [0.1, 0.15) is 6.61 Å². The van der Waals surface area contributed by atoms with Crippen LogP contribution in [-0.2, 0) is 4.74 Å². The number of halogens is 2. The lowest BCUT2D eigenvalue weighted by Gasteiger charge is -2.32. The van der Waals surface area contributed by atoms with E-state index >= 15 is 0 Å². The van der Waals surface area contributed by atoms with Crippen molar-refractivity contribution in [3.63, 3.8) is 0 Å². The molecule has 0 radical (unpaired) electrons. The van der Waals surface area contributed by atoms with E-state index in [0.717, 1.165) is 12.3 Å². The maximum absolute atomic E-state index is 11.9. The Balaban J connectivity index is 2.18. The molecule has 2 nitrogen and oxygen atoms in total. The first-order valence-electron chi connectivity index (χ1n) is 6.66. The first-order chi connectivity index (χ1) is 8.13. The molecule has 0 amide bonds. The Morgan fingerprint density at radius 1 is 1.24 bits per heavy atom. The summed E-state index contributed by atoms with van der Waals surface area (Å²) in [5.74, 6) is 1.53. The van der Waals surface area contributed by atoms with Crippen LogP contribution in [0.3, 0.4) is 0 Å². The highest BCUT2D eigenvalue weighted by atomic mass is 19.3. The largest absolute Gasteiger partial charge is 0.375 e. The third-order valence-corrected chi connectivity index (χ3v) is 3.82. The summed E-state index contributed by atoms with van der Waals surface area (Å²) in [6, 6.07) is 0.417. The molecule has 0 spiro atoms. The maximum atomic E-state index is 11.9. The number of rotatable bonds is 7. The zero-order valence-electron chi connectivity index (χ0n) is 10.9. The summed E-state index contributed by atoms with van der Waals surface area (Å²) in [4.78, 5) is 0. The number of nitrogens with one attached hydrogen (secondary N) is 1. The predicted octanol–water partition coefficient (Wildman–Crippen LogP) is 3.07. The van der Waals surface area contributed by atoms with Gasteiger partial charge in [0.05, 0.1) is 0 Å². The maximum Gasteiger partial charge on any atom is 0.261 e. The summed E-state index contributed by atoms with van der Waals surface area (Å²) < 4.78 is 28.7. The summed E-state index contributed by atoms with van der Waals surface area (Å²) in [5, 5.41) is 3.31. The predicted molar refractivity (Wildman–Crippen MR) is 65.4 cm³/mol. The zero-order valence-corrected chi connectivity index (χ0v) is 10.9. The van der Waals surface area contributed by atoms with Crippen LogP contribution >= 0.6 is 0 Å². The number of ether oxygens (including phenoxy) is 1. The molecule has 0 aromatic rings. The van der Waals surface area contributed by atoms with Crippen LogP contribution in [0.15, 0.2) is 0 Å². The van der Waals surface area contributed by atoms with E-state index in [1.165, 1.54) is 25.7 Å². The van der Waals surface area contributed by atoms with E-state index in [2.05, 4.69) is 12.2 Å². The first kappa shape index (κ1) is 14.8. The minimum Gasteiger partial charge on any atom is -0.375 e. The highest BCUT2D eigenvalue weighted by Gasteiger charge is 2.24. The molecule has 1 rings (SSSR count). The van der Waals surface area contributed by atoms with Gasteiger partial charge in [-0.05, 0) is 38.1 Å². The summed E-state index contributed by atoms with van der Waals surface area (Å²) in [6.07, 6.45) is 3.57. The molecule has 0 aromatic heterocycles. The molecule has 0 saturated heterocycles. The Bertz CT molecular complexity index is 194. The molecular formula is C13H25F2NO. The van der Waals surface area contributed by atoms with Crippen molar-refractivity contribution in [1.82, 2.24) is 5.32 Å². The van der Waals surface area contributed by atoms with E-state index in [9.17, 15) is 8.78 Å². The molecule has 1 aliphatic carbocycles. The lowest BCUT2D eigenvalue weighted by Crippen LogP contribution is -2.36. The average Bonchev–Trinajstić information content (AvgIpc) is 2.30. The van der Waals surface area contributed by atoms with Gasteiger partial charge in [-0.25, -0.2) is 8.78 Å². The van der Waals surface area contributed by atoms with Crippen molar-refractivity contribution in [2.24, 2.45) is 11.8 Å². The van der Waals surface area contributed by atoms with Crippen LogP contribution in [0.25, 0.3) is 0 Å². The smallest absolute Gasteiger partial charge is 0.261 e. The minimum atomic E-state index is -2.35. The third kappa shape index (κ3) is 5.77. The molecule has 1 atom stereocenters. The van der Waals surface area contributed by atoms with Crippen LogP contribution in [0, 0.1) is 11.8 Å². The van der Waals surface area contributed by atoms with Crippen molar-refractivity contribution in [3.05, 3.63) is 0 Å². The normalized spacial score (nSPS) is 27.4. The monoisotopic (exact) mass is 249 g/mol. The van der Waals surface area contributed by atoms with Crippen LogP contribution in [0.2, 0.25) is 0 Å². The summed E-state index contributed by atoms with van der Waals surface area (Å²) >= 11 is 0. The average molecular weight is 249 g/mol. The second-order valence-corrected chi connectivity index (χ2v) is 5.17. The molecule has 1 unspecified atom stereocenters. The Labute approximate surface area is 103 Å². The Morgan fingerprint density at radius 3 is 2.41 bits per heavy atom. The van der Waals surface area contributed by atoms with E-state index in [0.29, 0.717) is 18.6 Å². The molecule has 1 saturated carbocycles. The van der Waals surface area contributed by atoms with Gasteiger partial charge in [-0.15, -0.1) is 0 Å². The fourth-order valence-corrected chi connectivity index (χ4v) is 2.69. The standard InChI is InChI=1S/C13H25F2NO/c1-10-3-5-11(6-4-10)12(16-2)7-8-17-9-13(14)15/h10-13,16H,3-9H2,1-2H3. The van der Waals surface area contributed by atoms with Crippen LogP contribution in [-0.4, -0.2) is 32.7 Å².